The van der Waals surface area contributed by atoms with Gasteiger partial charge in [-0.1, -0.05) is 6.07 Å². The van der Waals surface area contributed by atoms with E-state index >= 15 is 0 Å². The van der Waals surface area contributed by atoms with Crippen LogP contribution in [0.25, 0.3) is 21.8 Å². The Labute approximate surface area is 184 Å². The molecule has 0 atom stereocenters. The Bertz CT molecular complexity index is 1420. The highest BCUT2D eigenvalue weighted by atomic mass is 16.1. The average molecular weight is 425 g/mol. The summed E-state index contributed by atoms with van der Waals surface area (Å²) in [6, 6.07) is 16.2. The number of nitrogens with zero attached hydrogens (tertiary/aromatic N) is 3. The largest absolute Gasteiger partial charge is 0.361 e. The Morgan fingerprint density at radius 1 is 1.06 bits per heavy atom. The van der Waals surface area contributed by atoms with Crippen molar-refractivity contribution in [1.82, 2.24) is 25.3 Å². The Kier molecular flexibility index (Phi) is 4.95. The topological polar surface area (TPSA) is 102 Å². The molecule has 8 nitrogen and oxygen atoms in total. The van der Waals surface area contributed by atoms with Crippen molar-refractivity contribution < 1.29 is 4.79 Å². The first-order valence-electron chi connectivity index (χ1n) is 10.3. The average Bonchev–Trinajstić information content (AvgIpc) is 3.48. The highest BCUT2D eigenvalue weighted by Crippen LogP contribution is 2.26. The van der Waals surface area contributed by atoms with Gasteiger partial charge >= 0.3 is 0 Å². The molecular weight excluding hydrogens is 402 g/mol. The molecule has 1 amide bonds. The molecule has 0 saturated carbocycles. The van der Waals surface area contributed by atoms with Crippen LogP contribution in [0.5, 0.6) is 0 Å². The number of hydrogen-bond donors (Lipinski definition) is 4. The lowest BCUT2D eigenvalue weighted by molar-refractivity contribution is 0.0965. The van der Waals surface area contributed by atoms with E-state index in [0.717, 1.165) is 38.9 Å². The molecule has 5 rings (SSSR count). The molecular formula is C24H23N7O. The summed E-state index contributed by atoms with van der Waals surface area (Å²) in [5.74, 6) is 1.22. The molecule has 0 aliphatic rings. The quantitative estimate of drug-likeness (QED) is 0.327. The minimum absolute atomic E-state index is 0.113. The third-order valence-electron chi connectivity index (χ3n) is 5.58. The number of amides is 1. The van der Waals surface area contributed by atoms with Crippen LogP contribution in [0.15, 0.2) is 67.1 Å². The van der Waals surface area contributed by atoms with Gasteiger partial charge in [0.15, 0.2) is 0 Å². The maximum Gasteiger partial charge on any atom is 0.253 e. The fraction of sp³-hybridized carbons (Fsp3) is 0.125. The van der Waals surface area contributed by atoms with Crippen LogP contribution in [0.4, 0.5) is 17.5 Å². The molecule has 4 N–H and O–H groups in total. The molecule has 0 aliphatic heterocycles. The van der Waals surface area contributed by atoms with Gasteiger partial charge < -0.3 is 25.5 Å². The summed E-state index contributed by atoms with van der Waals surface area (Å²) in [5, 5.41) is 8.00. The van der Waals surface area contributed by atoms with E-state index in [-0.39, 0.29) is 5.91 Å². The molecule has 160 valence electrons. The third-order valence-corrected chi connectivity index (χ3v) is 5.58. The van der Waals surface area contributed by atoms with Gasteiger partial charge in [0.05, 0.1) is 5.56 Å². The fourth-order valence-corrected chi connectivity index (χ4v) is 3.78. The summed E-state index contributed by atoms with van der Waals surface area (Å²) < 4.78 is 0. The summed E-state index contributed by atoms with van der Waals surface area (Å²) in [7, 11) is 3.62. The Morgan fingerprint density at radius 3 is 2.81 bits per heavy atom. The van der Waals surface area contributed by atoms with Crippen LogP contribution in [0.3, 0.4) is 0 Å². The van der Waals surface area contributed by atoms with Crippen molar-refractivity contribution in [3.8, 4) is 0 Å². The van der Waals surface area contributed by atoms with Crippen LogP contribution < -0.4 is 15.5 Å². The summed E-state index contributed by atoms with van der Waals surface area (Å²) in [6.07, 6.45) is 5.41. The standard InChI is InChI=1S/C24H23N7O/c1-25-23(32)19-14-28-21-5-3-15(11-18(19)21)13-29-24-27-10-8-22(30-24)31(2)17-4-6-20-16(12-17)7-9-26-20/h3-12,14,26,28H,13H2,1-2H3,(H,25,32)(H,27,29,30). The number of hydrogen-bond acceptors (Lipinski definition) is 5. The smallest absolute Gasteiger partial charge is 0.253 e. The highest BCUT2D eigenvalue weighted by molar-refractivity contribution is 6.06. The lowest BCUT2D eigenvalue weighted by Crippen LogP contribution is -2.17. The number of anilines is 3. The molecule has 0 unspecified atom stereocenters. The molecule has 0 bridgehead atoms. The van der Waals surface area contributed by atoms with E-state index in [1.165, 1.54) is 0 Å². The lowest BCUT2D eigenvalue weighted by Gasteiger charge is -2.19. The fourth-order valence-electron chi connectivity index (χ4n) is 3.78. The number of aromatic nitrogens is 4. The van der Waals surface area contributed by atoms with Gasteiger partial charge in [-0.3, -0.25) is 4.79 Å². The second-order valence-electron chi connectivity index (χ2n) is 7.56. The number of H-pyrrole nitrogens is 2. The lowest BCUT2D eigenvalue weighted by atomic mass is 10.1. The van der Waals surface area contributed by atoms with E-state index in [4.69, 9.17) is 0 Å². The van der Waals surface area contributed by atoms with Crippen LogP contribution in [-0.2, 0) is 6.54 Å². The summed E-state index contributed by atoms with van der Waals surface area (Å²) >= 11 is 0. The van der Waals surface area contributed by atoms with Crippen molar-refractivity contribution in [3.63, 3.8) is 0 Å². The minimum atomic E-state index is -0.113. The van der Waals surface area contributed by atoms with Crippen LogP contribution in [0.1, 0.15) is 15.9 Å². The van der Waals surface area contributed by atoms with Crippen molar-refractivity contribution in [2.45, 2.75) is 6.54 Å². The SMILES string of the molecule is CNC(=O)c1c[nH]c2ccc(CNc3nccc(N(C)c4ccc5[nH]ccc5c4)n3)cc12. The van der Waals surface area contributed by atoms with Crippen molar-refractivity contribution in [2.24, 2.45) is 0 Å². The minimum Gasteiger partial charge on any atom is -0.361 e. The molecule has 5 aromatic rings. The predicted molar refractivity (Wildman–Crippen MR) is 127 cm³/mol. The predicted octanol–water partition coefficient (Wildman–Crippen LogP) is 4.18. The van der Waals surface area contributed by atoms with Crippen molar-refractivity contribution in [1.29, 1.82) is 0 Å². The number of carbonyl (C=O) groups is 1. The van der Waals surface area contributed by atoms with Crippen molar-refractivity contribution in [2.75, 3.05) is 24.3 Å². The van der Waals surface area contributed by atoms with Crippen molar-refractivity contribution >= 4 is 45.2 Å². The first-order valence-corrected chi connectivity index (χ1v) is 10.3. The van der Waals surface area contributed by atoms with E-state index in [1.807, 2.05) is 42.4 Å². The molecule has 0 spiro atoms. The molecule has 0 aliphatic carbocycles. The zero-order chi connectivity index (χ0) is 22.1. The van der Waals surface area contributed by atoms with Gasteiger partial charge in [-0.2, -0.15) is 4.98 Å². The Hall–Kier alpha value is -4.33. The van der Waals surface area contributed by atoms with Gasteiger partial charge in [-0.15, -0.1) is 0 Å². The maximum atomic E-state index is 12.1. The number of benzene rings is 2. The molecule has 0 radical (unpaired) electrons. The van der Waals surface area contributed by atoms with Gasteiger partial charge in [0, 0.05) is 66.7 Å². The second kappa shape index (κ2) is 8.07. The second-order valence-corrected chi connectivity index (χ2v) is 7.56. The number of rotatable bonds is 6. The molecule has 3 heterocycles. The third kappa shape index (κ3) is 3.62. The van der Waals surface area contributed by atoms with Crippen LogP contribution >= 0.6 is 0 Å². The molecule has 32 heavy (non-hydrogen) atoms. The number of nitrogens with one attached hydrogen (secondary N) is 4. The van der Waals surface area contributed by atoms with Crippen molar-refractivity contribution in [3.05, 3.63) is 78.2 Å². The molecule has 2 aromatic carbocycles. The molecule has 0 saturated heterocycles. The normalized spacial score (nSPS) is 11.1. The van der Waals surface area contributed by atoms with Gasteiger partial charge in [-0.25, -0.2) is 4.98 Å². The van der Waals surface area contributed by atoms with E-state index in [0.29, 0.717) is 18.1 Å². The number of carbonyl (C=O) groups excluding carboxylic acids is 1. The van der Waals surface area contributed by atoms with Crippen LogP contribution in [-0.4, -0.2) is 39.9 Å². The van der Waals surface area contributed by atoms with Gasteiger partial charge in [0.2, 0.25) is 5.95 Å². The van der Waals surface area contributed by atoms with Crippen LogP contribution in [0.2, 0.25) is 0 Å². The zero-order valence-electron chi connectivity index (χ0n) is 17.8. The maximum absolute atomic E-state index is 12.1. The first kappa shape index (κ1) is 19.6. The van der Waals surface area contributed by atoms with Gasteiger partial charge in [0.25, 0.3) is 5.91 Å². The molecule has 0 fully saturated rings. The van der Waals surface area contributed by atoms with E-state index < -0.39 is 0 Å². The van der Waals surface area contributed by atoms with E-state index in [9.17, 15) is 4.79 Å². The summed E-state index contributed by atoms with van der Waals surface area (Å²) in [5.41, 5.74) is 4.73. The van der Waals surface area contributed by atoms with E-state index in [1.54, 1.807) is 19.4 Å². The number of fused-ring (bicyclic) bond motifs is 2. The summed E-state index contributed by atoms with van der Waals surface area (Å²) in [6.45, 7) is 0.538. The zero-order valence-corrected chi connectivity index (χ0v) is 17.8. The van der Waals surface area contributed by atoms with E-state index in [2.05, 4.69) is 54.8 Å². The van der Waals surface area contributed by atoms with Gasteiger partial charge in [-0.05, 0) is 48.0 Å². The molecule has 3 aromatic heterocycles. The van der Waals surface area contributed by atoms with Gasteiger partial charge in [0.1, 0.15) is 5.82 Å². The highest BCUT2D eigenvalue weighted by Gasteiger charge is 2.12. The monoisotopic (exact) mass is 425 g/mol. The Balaban J connectivity index is 1.34. The molecule has 8 heteroatoms. The summed E-state index contributed by atoms with van der Waals surface area (Å²) in [4.78, 5) is 29.5. The first-order chi connectivity index (χ1) is 15.6. The number of aromatic amines is 2. The Morgan fingerprint density at radius 2 is 1.94 bits per heavy atom. The van der Waals surface area contributed by atoms with Crippen LogP contribution in [0, 0.1) is 0 Å².